The number of benzene rings is 3. The van der Waals surface area contributed by atoms with E-state index in [4.69, 9.17) is 10.7 Å². The molecule has 0 bridgehead atoms. The Hall–Kier alpha value is -4.44. The van der Waals surface area contributed by atoms with E-state index in [0.29, 0.717) is 5.82 Å². The van der Waals surface area contributed by atoms with Crippen LogP contribution in [0.2, 0.25) is 0 Å². The van der Waals surface area contributed by atoms with E-state index >= 15 is 0 Å². The van der Waals surface area contributed by atoms with Crippen LogP contribution in [-0.4, -0.2) is 9.97 Å². The van der Waals surface area contributed by atoms with Gasteiger partial charge in [0.2, 0.25) is 0 Å². The molecule has 0 radical (unpaired) electrons. The zero-order valence-electron chi connectivity index (χ0n) is 19.0. The second-order valence-corrected chi connectivity index (χ2v) is 8.33. The van der Waals surface area contributed by atoms with E-state index in [1.54, 1.807) is 6.20 Å². The maximum Gasteiger partial charge on any atom is 0.127 e. The molecule has 0 unspecified atom stereocenters. The third-order valence-corrected chi connectivity index (χ3v) is 6.14. The molecule has 0 saturated carbocycles. The molecule has 4 heteroatoms. The average molecular weight is 443 g/mol. The highest BCUT2D eigenvalue weighted by Crippen LogP contribution is 2.40. The summed E-state index contributed by atoms with van der Waals surface area (Å²) < 4.78 is 0. The first-order valence-electron chi connectivity index (χ1n) is 11.3. The number of nitrogens with zero attached hydrogens (tertiary/aromatic N) is 2. The second-order valence-electron chi connectivity index (χ2n) is 8.33. The van der Waals surface area contributed by atoms with Crippen LogP contribution in [0.4, 0.5) is 11.6 Å². The molecule has 0 atom stereocenters. The highest BCUT2D eigenvalue weighted by molar-refractivity contribution is 5.69. The van der Waals surface area contributed by atoms with E-state index in [2.05, 4.69) is 96.1 Å². The zero-order valence-corrected chi connectivity index (χ0v) is 19.0. The molecule has 2 aromatic heterocycles. The molecule has 0 aliphatic heterocycles. The monoisotopic (exact) mass is 442 g/mol. The Balaban J connectivity index is 1.66. The summed E-state index contributed by atoms with van der Waals surface area (Å²) in [4.78, 5) is 9.06. The summed E-state index contributed by atoms with van der Waals surface area (Å²) in [6.07, 6.45) is 3.69. The third-order valence-electron chi connectivity index (χ3n) is 6.14. The van der Waals surface area contributed by atoms with Crippen LogP contribution in [0.1, 0.15) is 22.3 Å². The Labute approximate surface area is 200 Å². The van der Waals surface area contributed by atoms with E-state index in [9.17, 15) is 0 Å². The Bertz CT molecular complexity index is 1270. The van der Waals surface area contributed by atoms with Gasteiger partial charge in [0, 0.05) is 23.5 Å². The van der Waals surface area contributed by atoms with Crippen LogP contribution in [0.25, 0.3) is 11.1 Å². The third kappa shape index (κ3) is 4.02. The van der Waals surface area contributed by atoms with E-state index in [-0.39, 0.29) is 0 Å². The number of hydrogen-bond donors (Lipinski definition) is 2. The van der Waals surface area contributed by atoms with Crippen LogP contribution in [0.5, 0.6) is 0 Å². The van der Waals surface area contributed by atoms with Gasteiger partial charge in [-0.25, -0.2) is 9.97 Å². The van der Waals surface area contributed by atoms with Crippen molar-refractivity contribution in [1.82, 2.24) is 9.97 Å². The fraction of sp³-hybridized carbons (Fsp3) is 0.0667. The lowest BCUT2D eigenvalue weighted by Gasteiger charge is -2.37. The Morgan fingerprint density at radius 2 is 1.18 bits per heavy atom. The first-order valence-corrected chi connectivity index (χ1v) is 11.3. The number of hydrogen-bond acceptors (Lipinski definition) is 4. The molecule has 5 rings (SSSR count). The quantitative estimate of drug-likeness (QED) is 0.297. The van der Waals surface area contributed by atoms with E-state index in [0.717, 1.165) is 39.2 Å². The number of aryl methyl sites for hydroxylation is 1. The summed E-state index contributed by atoms with van der Waals surface area (Å²) in [5.41, 5.74) is 11.7. The van der Waals surface area contributed by atoms with Gasteiger partial charge >= 0.3 is 0 Å². The number of nitrogens with two attached hydrogens (primary N) is 1. The molecule has 0 amide bonds. The van der Waals surface area contributed by atoms with Crippen molar-refractivity contribution in [2.75, 3.05) is 11.1 Å². The summed E-state index contributed by atoms with van der Waals surface area (Å²) in [6.45, 7) is 2.09. The lowest BCUT2D eigenvalue weighted by molar-refractivity contribution is 0.706. The SMILES string of the molecule is Cc1cc(NC(c2ccccc2)(c2ccccc2)c2ccccc2)ncc1-c1ccc(N)nc1. The summed E-state index contributed by atoms with van der Waals surface area (Å²) in [6, 6.07) is 37.4. The number of nitrogen functional groups attached to an aromatic ring is 1. The number of rotatable bonds is 6. The maximum absolute atomic E-state index is 5.77. The smallest absolute Gasteiger partial charge is 0.127 e. The summed E-state index contributed by atoms with van der Waals surface area (Å²) in [5, 5.41) is 3.82. The van der Waals surface area contributed by atoms with E-state index in [1.807, 2.05) is 36.5 Å². The minimum atomic E-state index is -0.618. The largest absolute Gasteiger partial charge is 0.384 e. The highest BCUT2D eigenvalue weighted by atomic mass is 15.1. The van der Waals surface area contributed by atoms with Crippen LogP contribution in [0.15, 0.2) is 122 Å². The fourth-order valence-electron chi connectivity index (χ4n) is 4.46. The molecule has 166 valence electrons. The molecule has 2 heterocycles. The summed E-state index contributed by atoms with van der Waals surface area (Å²) in [7, 11) is 0. The minimum Gasteiger partial charge on any atom is -0.384 e. The molecule has 5 aromatic rings. The Morgan fingerprint density at radius 1 is 0.647 bits per heavy atom. The highest BCUT2D eigenvalue weighted by Gasteiger charge is 2.36. The van der Waals surface area contributed by atoms with E-state index < -0.39 is 5.54 Å². The van der Waals surface area contributed by atoms with Crippen LogP contribution in [-0.2, 0) is 5.54 Å². The molecule has 0 fully saturated rings. The second kappa shape index (κ2) is 9.20. The fourth-order valence-corrected chi connectivity index (χ4v) is 4.46. The van der Waals surface area contributed by atoms with Crippen LogP contribution < -0.4 is 11.1 Å². The van der Waals surface area contributed by atoms with Gasteiger partial charge in [-0.15, -0.1) is 0 Å². The molecule has 0 spiro atoms. The molecular weight excluding hydrogens is 416 g/mol. The van der Waals surface area contributed by atoms with Crippen molar-refractivity contribution in [3.8, 4) is 11.1 Å². The maximum atomic E-state index is 5.77. The van der Waals surface area contributed by atoms with Crippen LogP contribution >= 0.6 is 0 Å². The van der Waals surface area contributed by atoms with Gasteiger partial charge in [-0.05, 0) is 47.4 Å². The number of aromatic nitrogens is 2. The molecular formula is C30H26N4. The van der Waals surface area contributed by atoms with Crippen molar-refractivity contribution in [1.29, 1.82) is 0 Å². The van der Waals surface area contributed by atoms with Crippen molar-refractivity contribution >= 4 is 11.6 Å². The van der Waals surface area contributed by atoms with Gasteiger partial charge in [0.25, 0.3) is 0 Å². The molecule has 3 N–H and O–H groups in total. The van der Waals surface area contributed by atoms with Crippen molar-refractivity contribution in [3.63, 3.8) is 0 Å². The standard InChI is InChI=1S/C30H26N4/c1-22-19-29(33-21-27(22)23-17-18-28(31)32-20-23)34-30(24-11-5-2-6-12-24,25-13-7-3-8-14-25)26-15-9-4-10-16-26/h2-21H,1H3,(H2,31,32)(H,33,34). The first-order chi connectivity index (χ1) is 16.7. The van der Waals surface area contributed by atoms with Gasteiger partial charge in [0.1, 0.15) is 17.2 Å². The Morgan fingerprint density at radius 3 is 1.62 bits per heavy atom. The lowest BCUT2D eigenvalue weighted by Crippen LogP contribution is -2.38. The molecule has 3 aromatic carbocycles. The van der Waals surface area contributed by atoms with Crippen molar-refractivity contribution in [3.05, 3.63) is 144 Å². The van der Waals surface area contributed by atoms with Gasteiger partial charge in [0.15, 0.2) is 0 Å². The molecule has 0 saturated heterocycles. The van der Waals surface area contributed by atoms with Gasteiger partial charge in [-0.2, -0.15) is 0 Å². The van der Waals surface area contributed by atoms with Crippen molar-refractivity contribution in [2.45, 2.75) is 12.5 Å². The van der Waals surface area contributed by atoms with E-state index in [1.165, 1.54) is 0 Å². The molecule has 4 nitrogen and oxygen atoms in total. The summed E-state index contributed by atoms with van der Waals surface area (Å²) in [5.74, 6) is 1.30. The van der Waals surface area contributed by atoms with Crippen LogP contribution in [0.3, 0.4) is 0 Å². The number of anilines is 2. The molecule has 0 aliphatic rings. The molecule has 0 aliphatic carbocycles. The van der Waals surface area contributed by atoms with Gasteiger partial charge < -0.3 is 11.1 Å². The lowest BCUT2D eigenvalue weighted by atomic mass is 9.77. The minimum absolute atomic E-state index is 0.506. The topological polar surface area (TPSA) is 63.8 Å². The van der Waals surface area contributed by atoms with Crippen molar-refractivity contribution in [2.24, 2.45) is 0 Å². The number of nitrogens with one attached hydrogen (secondary N) is 1. The number of pyridine rings is 2. The van der Waals surface area contributed by atoms with Gasteiger partial charge in [0.05, 0.1) is 0 Å². The predicted molar refractivity (Wildman–Crippen MR) is 139 cm³/mol. The van der Waals surface area contributed by atoms with Gasteiger partial charge in [-0.3, -0.25) is 0 Å². The Kier molecular flexibility index (Phi) is 5.79. The average Bonchev–Trinajstić information content (AvgIpc) is 2.90. The zero-order chi connectivity index (χ0) is 23.4. The molecule has 34 heavy (non-hydrogen) atoms. The normalized spacial score (nSPS) is 11.2. The van der Waals surface area contributed by atoms with Gasteiger partial charge in [-0.1, -0.05) is 91.0 Å². The first kappa shape index (κ1) is 21.4. The van der Waals surface area contributed by atoms with Crippen molar-refractivity contribution < 1.29 is 0 Å². The summed E-state index contributed by atoms with van der Waals surface area (Å²) >= 11 is 0. The van der Waals surface area contributed by atoms with Crippen LogP contribution in [0, 0.1) is 6.92 Å². The predicted octanol–water partition coefficient (Wildman–Crippen LogP) is 6.44.